The molecule has 1 atom stereocenters. The number of ether oxygens (including phenoxy) is 1. The summed E-state index contributed by atoms with van der Waals surface area (Å²) in [6.45, 7) is 1.40. The van der Waals surface area contributed by atoms with E-state index in [0.717, 1.165) is 0 Å². The lowest BCUT2D eigenvalue weighted by Crippen LogP contribution is -2.22. The Hall–Kier alpha value is -3.15. The zero-order valence-corrected chi connectivity index (χ0v) is 12.7. The molecule has 5 nitrogen and oxygen atoms in total. The minimum Gasteiger partial charge on any atom is -0.479 e. The molecule has 1 unspecified atom stereocenters. The number of benzene rings is 2. The number of fused-ring (bicyclic) bond motifs is 1. The summed E-state index contributed by atoms with van der Waals surface area (Å²) in [5.74, 6) is -1.20. The van der Waals surface area contributed by atoms with Crippen LogP contribution in [-0.2, 0) is 4.79 Å². The predicted molar refractivity (Wildman–Crippen MR) is 85.6 cm³/mol. The van der Waals surface area contributed by atoms with Crippen LogP contribution in [0.4, 0.5) is 4.39 Å². The summed E-state index contributed by atoms with van der Waals surface area (Å²) < 4.78 is 23.5. The second-order valence-electron chi connectivity index (χ2n) is 5.25. The van der Waals surface area contributed by atoms with Crippen molar-refractivity contribution in [2.45, 2.75) is 13.0 Å². The Labute approximate surface area is 135 Å². The third-order valence-electron chi connectivity index (χ3n) is 3.52. The number of rotatable bonds is 4. The van der Waals surface area contributed by atoms with Crippen molar-refractivity contribution in [2.75, 3.05) is 0 Å². The summed E-state index contributed by atoms with van der Waals surface area (Å²) in [4.78, 5) is 23.0. The molecule has 0 bridgehead atoms. The topological polar surface area (TPSA) is 76.7 Å². The van der Waals surface area contributed by atoms with Crippen molar-refractivity contribution in [1.82, 2.24) is 0 Å². The van der Waals surface area contributed by atoms with Gasteiger partial charge in [-0.05, 0) is 42.8 Å². The summed E-state index contributed by atoms with van der Waals surface area (Å²) in [7, 11) is 0. The van der Waals surface area contributed by atoms with Gasteiger partial charge in [0.25, 0.3) is 0 Å². The smallest absolute Gasteiger partial charge is 0.344 e. The number of carboxylic acid groups (broad SMARTS) is 1. The van der Waals surface area contributed by atoms with Gasteiger partial charge in [0, 0.05) is 11.5 Å². The van der Waals surface area contributed by atoms with Crippen molar-refractivity contribution in [3.05, 3.63) is 64.8 Å². The third-order valence-corrected chi connectivity index (χ3v) is 3.52. The second-order valence-corrected chi connectivity index (χ2v) is 5.25. The van der Waals surface area contributed by atoms with Gasteiger partial charge < -0.3 is 14.3 Å². The van der Waals surface area contributed by atoms with Gasteiger partial charge in [-0.2, -0.15) is 0 Å². The van der Waals surface area contributed by atoms with E-state index < -0.39 is 23.5 Å². The quantitative estimate of drug-likeness (QED) is 0.742. The van der Waals surface area contributed by atoms with Gasteiger partial charge in [0.05, 0.1) is 5.56 Å². The van der Waals surface area contributed by atoms with Gasteiger partial charge in [-0.25, -0.2) is 14.0 Å². The molecule has 3 rings (SSSR count). The van der Waals surface area contributed by atoms with E-state index in [9.17, 15) is 14.0 Å². The standard InChI is InChI=1S/C18H13FO5/c1-10(17(20)21)23-14-7-4-12-8-15(18(22)24-16(12)9-14)11-2-5-13(19)6-3-11/h2-10H,1H3,(H,20,21). The minimum atomic E-state index is -1.09. The van der Waals surface area contributed by atoms with Crippen molar-refractivity contribution < 1.29 is 23.4 Å². The van der Waals surface area contributed by atoms with Gasteiger partial charge in [-0.3, -0.25) is 0 Å². The molecular formula is C18H13FO5. The number of aliphatic carboxylic acids is 1. The molecule has 0 aliphatic rings. The van der Waals surface area contributed by atoms with Crippen LogP contribution in [0.2, 0.25) is 0 Å². The molecule has 0 aliphatic carbocycles. The number of hydrogen-bond donors (Lipinski definition) is 1. The summed E-state index contributed by atoms with van der Waals surface area (Å²) in [6.07, 6.45) is -1.02. The molecule has 0 spiro atoms. The van der Waals surface area contributed by atoms with Crippen LogP contribution < -0.4 is 10.4 Å². The molecule has 1 aromatic heterocycles. The van der Waals surface area contributed by atoms with Crippen LogP contribution in [0.5, 0.6) is 5.75 Å². The Bertz CT molecular complexity index is 959. The lowest BCUT2D eigenvalue weighted by atomic mass is 10.1. The highest BCUT2D eigenvalue weighted by Crippen LogP contribution is 2.25. The van der Waals surface area contributed by atoms with E-state index in [1.54, 1.807) is 18.2 Å². The summed E-state index contributed by atoms with van der Waals surface area (Å²) >= 11 is 0. The second kappa shape index (κ2) is 6.16. The molecule has 122 valence electrons. The Morgan fingerprint density at radius 1 is 1.17 bits per heavy atom. The highest BCUT2D eigenvalue weighted by Gasteiger charge is 2.14. The predicted octanol–water partition coefficient (Wildman–Crippen LogP) is 3.45. The first-order chi connectivity index (χ1) is 11.4. The lowest BCUT2D eigenvalue weighted by Gasteiger charge is -2.10. The van der Waals surface area contributed by atoms with Crippen LogP contribution >= 0.6 is 0 Å². The Morgan fingerprint density at radius 3 is 2.54 bits per heavy atom. The fraction of sp³-hybridized carbons (Fsp3) is 0.111. The molecule has 1 heterocycles. The molecule has 0 saturated carbocycles. The van der Waals surface area contributed by atoms with E-state index in [4.69, 9.17) is 14.3 Å². The van der Waals surface area contributed by atoms with Gasteiger partial charge in [0.15, 0.2) is 6.10 Å². The molecule has 6 heteroatoms. The number of carbonyl (C=O) groups is 1. The zero-order chi connectivity index (χ0) is 17.3. The minimum absolute atomic E-state index is 0.279. The Morgan fingerprint density at radius 2 is 1.88 bits per heavy atom. The van der Waals surface area contributed by atoms with Crippen LogP contribution in [0.3, 0.4) is 0 Å². The molecule has 2 aromatic carbocycles. The van der Waals surface area contributed by atoms with E-state index in [2.05, 4.69) is 0 Å². The van der Waals surface area contributed by atoms with Crippen LogP contribution in [-0.4, -0.2) is 17.2 Å². The summed E-state index contributed by atoms with van der Waals surface area (Å²) in [5.41, 5.74) is 0.570. The van der Waals surface area contributed by atoms with E-state index in [1.807, 2.05) is 0 Å². The maximum absolute atomic E-state index is 13.0. The number of hydrogen-bond acceptors (Lipinski definition) is 4. The first-order valence-electron chi connectivity index (χ1n) is 7.17. The van der Waals surface area contributed by atoms with Crippen molar-refractivity contribution >= 4 is 16.9 Å². The number of halogens is 1. The lowest BCUT2D eigenvalue weighted by molar-refractivity contribution is -0.144. The zero-order valence-electron chi connectivity index (χ0n) is 12.7. The first-order valence-corrected chi connectivity index (χ1v) is 7.17. The van der Waals surface area contributed by atoms with Crippen LogP contribution in [0, 0.1) is 5.82 Å². The largest absolute Gasteiger partial charge is 0.479 e. The van der Waals surface area contributed by atoms with Crippen molar-refractivity contribution in [2.24, 2.45) is 0 Å². The Balaban J connectivity index is 2.02. The first kappa shape index (κ1) is 15.7. The van der Waals surface area contributed by atoms with Crippen molar-refractivity contribution in [1.29, 1.82) is 0 Å². The van der Waals surface area contributed by atoms with E-state index in [1.165, 1.54) is 37.3 Å². The van der Waals surface area contributed by atoms with E-state index in [-0.39, 0.29) is 11.3 Å². The van der Waals surface area contributed by atoms with Crippen molar-refractivity contribution in [3.8, 4) is 16.9 Å². The Kier molecular flexibility index (Phi) is 4.04. The van der Waals surface area contributed by atoms with Crippen LogP contribution in [0.15, 0.2) is 57.7 Å². The average molecular weight is 328 g/mol. The highest BCUT2D eigenvalue weighted by molar-refractivity contribution is 5.83. The fourth-order valence-electron chi connectivity index (χ4n) is 2.25. The fourth-order valence-corrected chi connectivity index (χ4v) is 2.25. The highest BCUT2D eigenvalue weighted by atomic mass is 19.1. The van der Waals surface area contributed by atoms with Gasteiger partial charge in [0.2, 0.25) is 0 Å². The van der Waals surface area contributed by atoms with Gasteiger partial charge in [-0.1, -0.05) is 12.1 Å². The molecule has 0 radical (unpaired) electrons. The van der Waals surface area contributed by atoms with Crippen LogP contribution in [0.1, 0.15) is 6.92 Å². The normalized spacial score (nSPS) is 12.1. The molecule has 1 N–H and O–H groups in total. The maximum atomic E-state index is 13.0. The molecule has 0 saturated heterocycles. The van der Waals surface area contributed by atoms with Gasteiger partial charge in [0.1, 0.15) is 17.1 Å². The van der Waals surface area contributed by atoms with Crippen molar-refractivity contribution in [3.63, 3.8) is 0 Å². The summed E-state index contributed by atoms with van der Waals surface area (Å²) in [5, 5.41) is 9.50. The van der Waals surface area contributed by atoms with E-state index >= 15 is 0 Å². The SMILES string of the molecule is CC(Oc1ccc2cc(-c3ccc(F)cc3)c(=O)oc2c1)C(=O)O. The monoisotopic (exact) mass is 328 g/mol. The maximum Gasteiger partial charge on any atom is 0.344 e. The average Bonchev–Trinajstić information content (AvgIpc) is 2.55. The van der Waals surface area contributed by atoms with Gasteiger partial charge >= 0.3 is 11.6 Å². The third kappa shape index (κ3) is 3.12. The summed E-state index contributed by atoms with van der Waals surface area (Å²) in [6, 6.07) is 11.9. The molecule has 0 amide bonds. The molecule has 3 aromatic rings. The van der Waals surface area contributed by atoms with Gasteiger partial charge in [-0.15, -0.1) is 0 Å². The molecule has 0 fully saturated rings. The number of carboxylic acids is 1. The molecular weight excluding hydrogens is 315 g/mol. The van der Waals surface area contributed by atoms with Crippen LogP contribution in [0.25, 0.3) is 22.1 Å². The molecule has 24 heavy (non-hydrogen) atoms. The molecule has 0 aliphatic heterocycles. The van der Waals surface area contributed by atoms with E-state index in [0.29, 0.717) is 16.5 Å².